The summed E-state index contributed by atoms with van der Waals surface area (Å²) < 4.78 is 10.0. The molecule has 2 N–H and O–H groups in total. The SMILES string of the molecule is CC(C)(C)c1nsc(Oc2ccc(CCN)cc2)n1. The number of aromatic nitrogens is 2. The molecule has 0 aliphatic heterocycles. The Morgan fingerprint density at radius 3 is 2.42 bits per heavy atom. The number of hydrogen-bond donors (Lipinski definition) is 1. The number of benzene rings is 1. The molecule has 0 amide bonds. The Morgan fingerprint density at radius 1 is 1.21 bits per heavy atom. The minimum atomic E-state index is -0.0525. The second-order valence-electron chi connectivity index (χ2n) is 5.42. The van der Waals surface area contributed by atoms with Gasteiger partial charge in [-0.15, -0.1) is 0 Å². The summed E-state index contributed by atoms with van der Waals surface area (Å²) in [6.45, 7) is 6.91. The minimum absolute atomic E-state index is 0.0525. The maximum absolute atomic E-state index is 5.70. The zero-order valence-electron chi connectivity index (χ0n) is 11.5. The fourth-order valence-corrected chi connectivity index (χ4v) is 2.29. The van der Waals surface area contributed by atoms with Gasteiger partial charge in [0.05, 0.1) is 0 Å². The van der Waals surface area contributed by atoms with Gasteiger partial charge in [-0.1, -0.05) is 32.9 Å². The molecular weight excluding hydrogens is 258 g/mol. The van der Waals surface area contributed by atoms with E-state index >= 15 is 0 Å². The van der Waals surface area contributed by atoms with Gasteiger partial charge in [0.15, 0.2) is 5.82 Å². The molecule has 1 heterocycles. The molecule has 0 aliphatic carbocycles. The fraction of sp³-hybridized carbons (Fsp3) is 0.429. The minimum Gasteiger partial charge on any atom is -0.430 e. The first-order valence-electron chi connectivity index (χ1n) is 6.30. The van der Waals surface area contributed by atoms with Crippen LogP contribution in [0.15, 0.2) is 24.3 Å². The zero-order chi connectivity index (χ0) is 13.9. The molecule has 1 aromatic carbocycles. The molecule has 2 rings (SSSR count). The second kappa shape index (κ2) is 5.67. The monoisotopic (exact) mass is 277 g/mol. The third-order valence-electron chi connectivity index (χ3n) is 2.64. The number of nitrogens with two attached hydrogens (primary N) is 1. The summed E-state index contributed by atoms with van der Waals surface area (Å²) in [6, 6.07) is 7.91. The Morgan fingerprint density at radius 2 is 1.89 bits per heavy atom. The number of rotatable bonds is 4. The molecule has 0 spiro atoms. The van der Waals surface area contributed by atoms with Gasteiger partial charge in [0, 0.05) is 16.9 Å². The first-order valence-corrected chi connectivity index (χ1v) is 7.07. The molecule has 0 saturated carbocycles. The van der Waals surface area contributed by atoms with E-state index < -0.39 is 0 Å². The van der Waals surface area contributed by atoms with E-state index in [0.29, 0.717) is 11.7 Å². The Kier molecular flexibility index (Phi) is 4.17. The van der Waals surface area contributed by atoms with E-state index in [1.807, 2.05) is 24.3 Å². The highest BCUT2D eigenvalue weighted by Gasteiger charge is 2.20. The summed E-state index contributed by atoms with van der Waals surface area (Å²) in [5.41, 5.74) is 6.68. The van der Waals surface area contributed by atoms with Gasteiger partial charge in [-0.3, -0.25) is 0 Å². The molecule has 1 aromatic heterocycles. The lowest BCUT2D eigenvalue weighted by atomic mass is 9.96. The highest BCUT2D eigenvalue weighted by Crippen LogP contribution is 2.27. The molecule has 0 aliphatic rings. The van der Waals surface area contributed by atoms with Crippen LogP contribution in [0.25, 0.3) is 0 Å². The number of nitrogens with zero attached hydrogens (tertiary/aromatic N) is 2. The van der Waals surface area contributed by atoms with Crippen molar-refractivity contribution >= 4 is 11.5 Å². The largest absolute Gasteiger partial charge is 0.430 e. The molecule has 102 valence electrons. The Bertz CT molecular complexity index is 528. The van der Waals surface area contributed by atoms with E-state index in [9.17, 15) is 0 Å². The maximum Gasteiger partial charge on any atom is 0.298 e. The van der Waals surface area contributed by atoms with Gasteiger partial charge < -0.3 is 10.5 Å². The van der Waals surface area contributed by atoms with Crippen LogP contribution in [0.4, 0.5) is 0 Å². The van der Waals surface area contributed by atoms with Crippen LogP contribution in [-0.4, -0.2) is 15.9 Å². The van der Waals surface area contributed by atoms with Gasteiger partial charge in [-0.05, 0) is 30.7 Å². The highest BCUT2D eigenvalue weighted by atomic mass is 32.1. The Balaban J connectivity index is 2.06. The second-order valence-corrected chi connectivity index (χ2v) is 6.13. The average molecular weight is 277 g/mol. The summed E-state index contributed by atoms with van der Waals surface area (Å²) >= 11 is 1.28. The normalized spacial score (nSPS) is 11.6. The maximum atomic E-state index is 5.70. The van der Waals surface area contributed by atoms with E-state index in [0.717, 1.165) is 18.0 Å². The predicted molar refractivity (Wildman–Crippen MR) is 77.9 cm³/mol. The van der Waals surface area contributed by atoms with E-state index in [4.69, 9.17) is 10.5 Å². The van der Waals surface area contributed by atoms with Gasteiger partial charge >= 0.3 is 0 Å². The lowest BCUT2D eigenvalue weighted by Crippen LogP contribution is -2.12. The van der Waals surface area contributed by atoms with Crippen LogP contribution in [0.1, 0.15) is 32.2 Å². The lowest BCUT2D eigenvalue weighted by Gasteiger charge is -2.12. The third-order valence-corrected chi connectivity index (χ3v) is 3.23. The van der Waals surface area contributed by atoms with Crippen molar-refractivity contribution in [1.82, 2.24) is 9.36 Å². The summed E-state index contributed by atoms with van der Waals surface area (Å²) in [7, 11) is 0. The van der Waals surface area contributed by atoms with Gasteiger partial charge in [0.2, 0.25) is 0 Å². The molecule has 0 saturated heterocycles. The van der Waals surface area contributed by atoms with Crippen LogP contribution in [0, 0.1) is 0 Å². The standard InChI is InChI=1S/C14H19N3OS/c1-14(2,3)12-16-13(19-17-12)18-11-6-4-10(5-7-11)8-9-15/h4-7H,8-9,15H2,1-3H3. The van der Waals surface area contributed by atoms with Crippen LogP contribution < -0.4 is 10.5 Å². The van der Waals surface area contributed by atoms with E-state index in [1.54, 1.807) is 0 Å². The lowest BCUT2D eigenvalue weighted by molar-refractivity contribution is 0.468. The molecule has 0 unspecified atom stereocenters. The molecule has 2 aromatic rings. The highest BCUT2D eigenvalue weighted by molar-refractivity contribution is 7.07. The van der Waals surface area contributed by atoms with Gasteiger partial charge in [-0.2, -0.15) is 9.36 Å². The smallest absolute Gasteiger partial charge is 0.298 e. The molecule has 0 atom stereocenters. The van der Waals surface area contributed by atoms with Crippen molar-refractivity contribution in [3.63, 3.8) is 0 Å². The quantitative estimate of drug-likeness (QED) is 0.932. The van der Waals surface area contributed by atoms with Crippen LogP contribution in [0.3, 0.4) is 0 Å². The van der Waals surface area contributed by atoms with Crippen molar-refractivity contribution in [2.24, 2.45) is 5.73 Å². The summed E-state index contributed by atoms with van der Waals surface area (Å²) in [5, 5.41) is 0.580. The number of hydrogen-bond acceptors (Lipinski definition) is 5. The summed E-state index contributed by atoms with van der Waals surface area (Å²) in [6.07, 6.45) is 0.882. The van der Waals surface area contributed by atoms with Gasteiger partial charge in [0.25, 0.3) is 5.19 Å². The van der Waals surface area contributed by atoms with Gasteiger partial charge in [0.1, 0.15) is 5.75 Å². The first-order chi connectivity index (χ1) is 8.99. The zero-order valence-corrected chi connectivity index (χ0v) is 12.3. The van der Waals surface area contributed by atoms with Crippen molar-refractivity contribution in [1.29, 1.82) is 0 Å². The molecule has 5 heteroatoms. The van der Waals surface area contributed by atoms with Crippen LogP contribution in [0.2, 0.25) is 0 Å². The molecule has 19 heavy (non-hydrogen) atoms. The van der Waals surface area contributed by atoms with Crippen molar-refractivity contribution in [3.8, 4) is 10.9 Å². The molecular formula is C14H19N3OS. The van der Waals surface area contributed by atoms with Crippen LogP contribution in [-0.2, 0) is 11.8 Å². The fourth-order valence-electron chi connectivity index (χ4n) is 1.55. The third kappa shape index (κ3) is 3.75. The van der Waals surface area contributed by atoms with Crippen LogP contribution in [0.5, 0.6) is 10.9 Å². The van der Waals surface area contributed by atoms with E-state index in [2.05, 4.69) is 30.1 Å². The topological polar surface area (TPSA) is 61.0 Å². The van der Waals surface area contributed by atoms with Crippen molar-refractivity contribution < 1.29 is 4.74 Å². The van der Waals surface area contributed by atoms with Gasteiger partial charge in [-0.25, -0.2) is 0 Å². The molecule has 0 fully saturated rings. The van der Waals surface area contributed by atoms with Crippen molar-refractivity contribution in [3.05, 3.63) is 35.7 Å². The van der Waals surface area contributed by atoms with Crippen molar-refractivity contribution in [2.45, 2.75) is 32.6 Å². The first kappa shape index (κ1) is 14.0. The Labute approximate surface area is 117 Å². The molecule has 0 radical (unpaired) electrons. The average Bonchev–Trinajstić information content (AvgIpc) is 2.80. The summed E-state index contributed by atoms with van der Waals surface area (Å²) in [4.78, 5) is 4.40. The number of ether oxygens (including phenoxy) is 1. The predicted octanol–water partition coefficient (Wildman–Crippen LogP) is 3.13. The molecule has 0 bridgehead atoms. The summed E-state index contributed by atoms with van der Waals surface area (Å²) in [5.74, 6) is 1.59. The van der Waals surface area contributed by atoms with E-state index in [-0.39, 0.29) is 5.41 Å². The van der Waals surface area contributed by atoms with Crippen molar-refractivity contribution in [2.75, 3.05) is 6.54 Å². The van der Waals surface area contributed by atoms with Crippen LogP contribution >= 0.6 is 11.5 Å². The Hall–Kier alpha value is -1.46. The van der Waals surface area contributed by atoms with E-state index in [1.165, 1.54) is 17.1 Å². The molecule has 4 nitrogen and oxygen atoms in total.